The molecule has 0 saturated carbocycles. The number of amides is 1. The first-order valence-corrected chi connectivity index (χ1v) is 7.30. The number of nitrogen functional groups attached to an aromatic ring is 1. The van der Waals surface area contributed by atoms with Gasteiger partial charge in [-0.2, -0.15) is 0 Å². The third-order valence-corrected chi connectivity index (χ3v) is 3.69. The summed E-state index contributed by atoms with van der Waals surface area (Å²) in [5.74, 6) is -0.597. The van der Waals surface area contributed by atoms with Crippen LogP contribution >= 0.6 is 0 Å². The molecule has 1 aromatic rings. The summed E-state index contributed by atoms with van der Waals surface area (Å²) in [5.41, 5.74) is 6.03. The molecule has 1 aliphatic rings. The number of likely N-dealkylation sites (N-methyl/N-ethyl adjacent to an activating group) is 1. The lowest BCUT2D eigenvalue weighted by Gasteiger charge is -2.20. The largest absolute Gasteiger partial charge is 0.396 e. The molecule has 2 rings (SSSR count). The van der Waals surface area contributed by atoms with Gasteiger partial charge in [-0.15, -0.1) is 0 Å². The van der Waals surface area contributed by atoms with Gasteiger partial charge in [0, 0.05) is 18.8 Å². The second kappa shape index (κ2) is 7.38. The van der Waals surface area contributed by atoms with Crippen molar-refractivity contribution in [3.05, 3.63) is 24.0 Å². The first kappa shape index (κ1) is 15.7. The summed E-state index contributed by atoms with van der Waals surface area (Å²) in [7, 11) is 1.93. The number of rotatable bonds is 6. The van der Waals surface area contributed by atoms with E-state index in [1.165, 1.54) is 31.0 Å². The number of hydrogen-bond acceptors (Lipinski definition) is 4. The maximum absolute atomic E-state index is 13.0. The van der Waals surface area contributed by atoms with Crippen molar-refractivity contribution in [3.8, 4) is 0 Å². The summed E-state index contributed by atoms with van der Waals surface area (Å²) in [4.78, 5) is 16.3. The normalized spacial score (nSPS) is 15.6. The lowest BCUT2D eigenvalue weighted by Crippen LogP contribution is -2.36. The SMILES string of the molecule is CN(CCN1CCCC1)CC(=O)Nc1ccc(F)c(N)c1. The summed E-state index contributed by atoms with van der Waals surface area (Å²) in [6.07, 6.45) is 2.55. The van der Waals surface area contributed by atoms with Crippen molar-refractivity contribution in [2.45, 2.75) is 12.8 Å². The number of carbonyl (C=O) groups excluding carboxylic acids is 1. The summed E-state index contributed by atoms with van der Waals surface area (Å²) >= 11 is 0. The number of nitrogens with two attached hydrogens (primary N) is 1. The van der Waals surface area contributed by atoms with Gasteiger partial charge in [-0.3, -0.25) is 9.69 Å². The highest BCUT2D eigenvalue weighted by Crippen LogP contribution is 2.16. The van der Waals surface area contributed by atoms with E-state index in [0.717, 1.165) is 26.2 Å². The number of anilines is 2. The first-order chi connectivity index (χ1) is 10.0. The highest BCUT2D eigenvalue weighted by Gasteiger charge is 2.13. The number of hydrogen-bond donors (Lipinski definition) is 2. The second-order valence-corrected chi connectivity index (χ2v) is 5.57. The van der Waals surface area contributed by atoms with Gasteiger partial charge in [0.2, 0.25) is 5.91 Å². The van der Waals surface area contributed by atoms with Crippen LogP contribution in [0.1, 0.15) is 12.8 Å². The molecular weight excluding hydrogens is 271 g/mol. The monoisotopic (exact) mass is 294 g/mol. The molecule has 0 bridgehead atoms. The van der Waals surface area contributed by atoms with Crippen molar-refractivity contribution in [3.63, 3.8) is 0 Å². The molecule has 0 atom stereocenters. The van der Waals surface area contributed by atoms with Crippen molar-refractivity contribution in [1.29, 1.82) is 0 Å². The van der Waals surface area contributed by atoms with Gasteiger partial charge in [-0.05, 0) is 51.2 Å². The van der Waals surface area contributed by atoms with Crippen LogP contribution in [0.3, 0.4) is 0 Å². The number of carbonyl (C=O) groups is 1. The van der Waals surface area contributed by atoms with Crippen molar-refractivity contribution < 1.29 is 9.18 Å². The standard InChI is InChI=1S/C15H23FN4O/c1-19(8-9-20-6-2-3-7-20)11-15(21)18-12-4-5-13(16)14(17)10-12/h4-5,10H,2-3,6-9,11,17H2,1H3,(H,18,21). The third kappa shape index (κ3) is 4.99. The Bertz CT molecular complexity index is 489. The predicted octanol–water partition coefficient (Wildman–Crippen LogP) is 1.37. The highest BCUT2D eigenvalue weighted by atomic mass is 19.1. The van der Waals surface area contributed by atoms with Crippen LogP contribution in [0.25, 0.3) is 0 Å². The van der Waals surface area contributed by atoms with E-state index in [-0.39, 0.29) is 11.6 Å². The highest BCUT2D eigenvalue weighted by molar-refractivity contribution is 5.92. The predicted molar refractivity (Wildman–Crippen MR) is 82.6 cm³/mol. The average molecular weight is 294 g/mol. The number of benzene rings is 1. The quantitative estimate of drug-likeness (QED) is 0.778. The van der Waals surface area contributed by atoms with Crippen molar-refractivity contribution >= 4 is 17.3 Å². The Hall–Kier alpha value is -1.66. The molecule has 0 unspecified atom stereocenters. The van der Waals surface area contributed by atoms with Crippen LogP contribution < -0.4 is 11.1 Å². The second-order valence-electron chi connectivity index (χ2n) is 5.57. The molecule has 5 nitrogen and oxygen atoms in total. The zero-order valence-corrected chi connectivity index (χ0v) is 12.4. The molecule has 1 saturated heterocycles. The summed E-state index contributed by atoms with van der Waals surface area (Å²) in [5, 5.41) is 2.73. The van der Waals surface area contributed by atoms with Crippen LogP contribution in [0.5, 0.6) is 0 Å². The molecule has 3 N–H and O–H groups in total. The minimum Gasteiger partial charge on any atom is -0.396 e. The van der Waals surface area contributed by atoms with Crippen molar-refractivity contribution in [2.75, 3.05) is 50.8 Å². The van der Waals surface area contributed by atoms with Crippen LogP contribution in [0, 0.1) is 5.82 Å². The van der Waals surface area contributed by atoms with Gasteiger partial charge < -0.3 is 16.0 Å². The van der Waals surface area contributed by atoms with Gasteiger partial charge >= 0.3 is 0 Å². The van der Waals surface area contributed by atoms with Crippen LogP contribution in [0.4, 0.5) is 15.8 Å². The number of nitrogens with zero attached hydrogens (tertiary/aromatic N) is 2. The molecule has 1 fully saturated rings. The molecular formula is C15H23FN4O. The van der Waals surface area contributed by atoms with Crippen LogP contribution in [-0.4, -0.2) is 55.5 Å². The maximum atomic E-state index is 13.0. The fourth-order valence-electron chi connectivity index (χ4n) is 2.46. The molecule has 6 heteroatoms. The van der Waals surface area contributed by atoms with Crippen LogP contribution in [0.2, 0.25) is 0 Å². The fraction of sp³-hybridized carbons (Fsp3) is 0.533. The molecule has 116 valence electrons. The summed E-state index contributed by atoms with van der Waals surface area (Å²) < 4.78 is 13.0. The lowest BCUT2D eigenvalue weighted by atomic mass is 10.2. The van der Waals surface area contributed by atoms with E-state index in [9.17, 15) is 9.18 Å². The fourth-order valence-corrected chi connectivity index (χ4v) is 2.46. The Kier molecular flexibility index (Phi) is 5.52. The van der Waals surface area contributed by atoms with Crippen LogP contribution in [0.15, 0.2) is 18.2 Å². The zero-order chi connectivity index (χ0) is 15.2. The smallest absolute Gasteiger partial charge is 0.238 e. The Balaban J connectivity index is 1.73. The van der Waals surface area contributed by atoms with Gasteiger partial charge in [0.15, 0.2) is 0 Å². The molecule has 0 aliphatic carbocycles. The first-order valence-electron chi connectivity index (χ1n) is 7.30. The molecule has 0 radical (unpaired) electrons. The van der Waals surface area contributed by atoms with Crippen molar-refractivity contribution in [1.82, 2.24) is 9.80 Å². The minimum atomic E-state index is -0.476. The maximum Gasteiger partial charge on any atom is 0.238 e. The molecule has 1 aliphatic heterocycles. The van der Waals surface area contributed by atoms with E-state index >= 15 is 0 Å². The van der Waals surface area contributed by atoms with Crippen LogP contribution in [-0.2, 0) is 4.79 Å². The van der Waals surface area contributed by atoms with E-state index < -0.39 is 5.82 Å². The van der Waals surface area contributed by atoms with Gasteiger partial charge in [-0.25, -0.2) is 4.39 Å². The third-order valence-electron chi connectivity index (χ3n) is 3.69. The van der Waals surface area contributed by atoms with E-state index in [1.54, 1.807) is 0 Å². The number of nitrogens with one attached hydrogen (secondary N) is 1. The van der Waals surface area contributed by atoms with Gasteiger partial charge in [0.05, 0.1) is 12.2 Å². The van der Waals surface area contributed by atoms with Gasteiger partial charge in [0.1, 0.15) is 5.82 Å². The molecule has 0 aromatic heterocycles. The summed E-state index contributed by atoms with van der Waals surface area (Å²) in [6.45, 7) is 4.49. The molecule has 1 aromatic carbocycles. The Morgan fingerprint density at radius 3 is 2.81 bits per heavy atom. The van der Waals surface area contributed by atoms with E-state index in [1.807, 2.05) is 11.9 Å². The molecule has 1 heterocycles. The molecule has 21 heavy (non-hydrogen) atoms. The minimum absolute atomic E-state index is 0.0372. The molecule has 1 amide bonds. The zero-order valence-electron chi connectivity index (χ0n) is 12.4. The average Bonchev–Trinajstić information content (AvgIpc) is 2.94. The van der Waals surface area contributed by atoms with E-state index in [4.69, 9.17) is 5.73 Å². The van der Waals surface area contributed by atoms with Gasteiger partial charge in [0.25, 0.3) is 0 Å². The lowest BCUT2D eigenvalue weighted by molar-refractivity contribution is -0.117. The topological polar surface area (TPSA) is 61.6 Å². The molecule has 0 spiro atoms. The Morgan fingerprint density at radius 1 is 1.43 bits per heavy atom. The van der Waals surface area contributed by atoms with Crippen molar-refractivity contribution in [2.24, 2.45) is 0 Å². The Labute approximate surface area is 124 Å². The summed E-state index contributed by atoms with van der Waals surface area (Å²) in [6, 6.07) is 4.19. The van der Waals surface area contributed by atoms with Gasteiger partial charge in [-0.1, -0.05) is 0 Å². The van der Waals surface area contributed by atoms with E-state index in [2.05, 4.69) is 10.2 Å². The number of halogens is 1. The Morgan fingerprint density at radius 2 is 2.14 bits per heavy atom. The van der Waals surface area contributed by atoms with E-state index in [0.29, 0.717) is 12.2 Å². The number of likely N-dealkylation sites (tertiary alicyclic amines) is 1.